The number of carboxylic acids is 1. The lowest BCUT2D eigenvalue weighted by Gasteiger charge is -2.27. The van der Waals surface area contributed by atoms with E-state index >= 15 is 0 Å². The van der Waals surface area contributed by atoms with Gasteiger partial charge in [-0.15, -0.1) is 11.3 Å². The van der Waals surface area contributed by atoms with Gasteiger partial charge in [0, 0.05) is 24.2 Å². The van der Waals surface area contributed by atoms with Crippen molar-refractivity contribution in [1.82, 2.24) is 0 Å². The van der Waals surface area contributed by atoms with Gasteiger partial charge in [-0.25, -0.2) is 4.79 Å². The first-order valence-corrected chi connectivity index (χ1v) is 5.72. The molecule has 1 aliphatic rings. The highest BCUT2D eigenvalue weighted by Gasteiger charge is 2.14. The van der Waals surface area contributed by atoms with Crippen molar-refractivity contribution in [3.63, 3.8) is 0 Å². The van der Waals surface area contributed by atoms with Gasteiger partial charge in [0.25, 0.3) is 0 Å². The molecule has 1 saturated heterocycles. The molecule has 2 rings (SSSR count). The Morgan fingerprint density at radius 1 is 1.36 bits per heavy atom. The number of carbonyl (C=O) groups is 1. The fraction of sp³-hybridized carbons (Fsp3) is 0.500. The molecule has 0 aromatic carbocycles. The highest BCUT2D eigenvalue weighted by Crippen LogP contribution is 2.25. The minimum Gasteiger partial charge on any atom is -0.477 e. The number of nitrogens with zero attached hydrogens (tertiary/aromatic N) is 1. The van der Waals surface area contributed by atoms with E-state index in [4.69, 9.17) is 5.11 Å². The summed E-state index contributed by atoms with van der Waals surface area (Å²) in [5, 5.41) is 10.7. The van der Waals surface area contributed by atoms with Crippen LogP contribution in [0.3, 0.4) is 0 Å². The Hall–Kier alpha value is -1.03. The predicted octanol–water partition coefficient (Wildman–Crippen LogP) is 2.44. The van der Waals surface area contributed by atoms with E-state index in [2.05, 4.69) is 4.90 Å². The summed E-state index contributed by atoms with van der Waals surface area (Å²) in [6.45, 7) is 2.13. The highest BCUT2D eigenvalue weighted by molar-refractivity contribution is 7.12. The summed E-state index contributed by atoms with van der Waals surface area (Å²) in [5.41, 5.74) is 1.08. The maximum Gasteiger partial charge on any atom is 0.345 e. The number of hydrogen-bond acceptors (Lipinski definition) is 3. The molecular weight excluding hydrogens is 198 g/mol. The maximum atomic E-state index is 10.7. The first kappa shape index (κ1) is 9.52. The number of rotatable bonds is 2. The maximum absolute atomic E-state index is 10.7. The summed E-state index contributed by atoms with van der Waals surface area (Å²) in [7, 11) is 0. The standard InChI is InChI=1S/C10H13NO2S/c12-10(13)9-6-8(7-14-9)11-4-2-1-3-5-11/h6-7H,1-5H2,(H,12,13). The summed E-state index contributed by atoms with van der Waals surface area (Å²) in [5.74, 6) is -0.821. The molecular formula is C10H13NO2S. The third-order valence-electron chi connectivity index (χ3n) is 2.52. The van der Waals surface area contributed by atoms with Crippen LogP contribution in [0, 0.1) is 0 Å². The van der Waals surface area contributed by atoms with E-state index in [1.165, 1.54) is 30.6 Å². The summed E-state index contributed by atoms with van der Waals surface area (Å²) < 4.78 is 0. The molecule has 3 nitrogen and oxygen atoms in total. The van der Waals surface area contributed by atoms with Gasteiger partial charge in [-0.1, -0.05) is 0 Å². The zero-order valence-electron chi connectivity index (χ0n) is 7.90. The van der Waals surface area contributed by atoms with E-state index in [0.717, 1.165) is 18.8 Å². The van der Waals surface area contributed by atoms with Gasteiger partial charge in [-0.2, -0.15) is 0 Å². The fourth-order valence-electron chi connectivity index (χ4n) is 1.76. The van der Waals surface area contributed by atoms with Crippen LogP contribution in [0.5, 0.6) is 0 Å². The molecule has 1 aromatic rings. The van der Waals surface area contributed by atoms with E-state index < -0.39 is 5.97 Å². The molecule has 76 valence electrons. The van der Waals surface area contributed by atoms with Crippen molar-refractivity contribution in [3.8, 4) is 0 Å². The minimum absolute atomic E-state index is 0.436. The van der Waals surface area contributed by atoms with Gasteiger partial charge in [-0.3, -0.25) is 0 Å². The molecule has 0 saturated carbocycles. The minimum atomic E-state index is -0.821. The Labute approximate surface area is 87.0 Å². The van der Waals surface area contributed by atoms with Crippen LogP contribution in [-0.2, 0) is 0 Å². The molecule has 1 N–H and O–H groups in total. The van der Waals surface area contributed by atoms with Crippen LogP contribution in [0.15, 0.2) is 11.4 Å². The van der Waals surface area contributed by atoms with Crippen molar-refractivity contribution in [1.29, 1.82) is 0 Å². The molecule has 0 atom stereocenters. The first-order chi connectivity index (χ1) is 6.77. The third kappa shape index (κ3) is 1.90. The average Bonchev–Trinajstić information content (AvgIpc) is 2.68. The first-order valence-electron chi connectivity index (χ1n) is 4.84. The lowest BCUT2D eigenvalue weighted by atomic mass is 10.1. The van der Waals surface area contributed by atoms with E-state index in [9.17, 15) is 4.79 Å². The van der Waals surface area contributed by atoms with E-state index in [1.54, 1.807) is 6.07 Å². The molecule has 0 aliphatic carbocycles. The number of piperidine rings is 1. The molecule has 14 heavy (non-hydrogen) atoms. The van der Waals surface area contributed by atoms with Crippen LogP contribution in [0.4, 0.5) is 5.69 Å². The Morgan fingerprint density at radius 3 is 2.64 bits per heavy atom. The van der Waals surface area contributed by atoms with Gasteiger partial charge in [0.15, 0.2) is 0 Å². The van der Waals surface area contributed by atoms with Crippen LogP contribution in [-0.4, -0.2) is 24.2 Å². The molecule has 4 heteroatoms. The lowest BCUT2D eigenvalue weighted by molar-refractivity contribution is 0.0702. The van der Waals surface area contributed by atoms with Crippen molar-refractivity contribution in [2.75, 3.05) is 18.0 Å². The predicted molar refractivity (Wildman–Crippen MR) is 57.3 cm³/mol. The molecule has 2 heterocycles. The second-order valence-electron chi connectivity index (χ2n) is 3.52. The van der Waals surface area contributed by atoms with Gasteiger partial charge in [0.05, 0.1) is 0 Å². The van der Waals surface area contributed by atoms with Gasteiger partial charge < -0.3 is 10.0 Å². The van der Waals surface area contributed by atoms with Gasteiger partial charge >= 0.3 is 5.97 Å². The molecule has 1 aromatic heterocycles. The van der Waals surface area contributed by atoms with Crippen molar-refractivity contribution < 1.29 is 9.90 Å². The highest BCUT2D eigenvalue weighted by atomic mass is 32.1. The van der Waals surface area contributed by atoms with Gasteiger partial charge in [0.2, 0.25) is 0 Å². The van der Waals surface area contributed by atoms with Crippen molar-refractivity contribution in [2.24, 2.45) is 0 Å². The van der Waals surface area contributed by atoms with Gasteiger partial charge in [0.1, 0.15) is 4.88 Å². The third-order valence-corrected chi connectivity index (χ3v) is 3.42. The fourth-order valence-corrected chi connectivity index (χ4v) is 2.51. The molecule has 0 radical (unpaired) electrons. The molecule has 0 amide bonds. The normalized spacial score (nSPS) is 17.0. The van der Waals surface area contributed by atoms with Gasteiger partial charge in [-0.05, 0) is 25.3 Å². The van der Waals surface area contributed by atoms with Crippen LogP contribution in [0.2, 0.25) is 0 Å². The van der Waals surface area contributed by atoms with Crippen molar-refractivity contribution in [2.45, 2.75) is 19.3 Å². The Kier molecular flexibility index (Phi) is 2.72. The molecule has 0 spiro atoms. The molecule has 1 fully saturated rings. The quantitative estimate of drug-likeness (QED) is 0.816. The number of thiophene rings is 1. The second kappa shape index (κ2) is 4.00. The summed E-state index contributed by atoms with van der Waals surface area (Å²) in [6.07, 6.45) is 3.74. The average molecular weight is 211 g/mol. The smallest absolute Gasteiger partial charge is 0.345 e. The summed E-state index contributed by atoms with van der Waals surface area (Å²) in [6, 6.07) is 1.78. The zero-order valence-corrected chi connectivity index (χ0v) is 8.72. The molecule has 1 aliphatic heterocycles. The monoisotopic (exact) mass is 211 g/mol. The Balaban J connectivity index is 2.11. The van der Waals surface area contributed by atoms with Crippen molar-refractivity contribution in [3.05, 3.63) is 16.3 Å². The second-order valence-corrected chi connectivity index (χ2v) is 4.43. The number of carboxylic acid groups (broad SMARTS) is 1. The van der Waals surface area contributed by atoms with Crippen LogP contribution in [0.1, 0.15) is 28.9 Å². The van der Waals surface area contributed by atoms with Crippen LogP contribution < -0.4 is 4.90 Å². The van der Waals surface area contributed by atoms with E-state index in [0.29, 0.717) is 4.88 Å². The number of hydrogen-bond donors (Lipinski definition) is 1. The number of anilines is 1. The largest absolute Gasteiger partial charge is 0.477 e. The SMILES string of the molecule is O=C(O)c1cc(N2CCCCC2)cs1. The Bertz CT molecular complexity index is 329. The summed E-state index contributed by atoms with van der Waals surface area (Å²) >= 11 is 1.31. The summed E-state index contributed by atoms with van der Waals surface area (Å²) in [4.78, 5) is 13.4. The topological polar surface area (TPSA) is 40.5 Å². The molecule has 0 unspecified atom stereocenters. The lowest BCUT2D eigenvalue weighted by Crippen LogP contribution is -2.28. The van der Waals surface area contributed by atoms with Crippen LogP contribution in [0.25, 0.3) is 0 Å². The van der Waals surface area contributed by atoms with Crippen molar-refractivity contribution >= 4 is 23.0 Å². The van der Waals surface area contributed by atoms with E-state index in [-0.39, 0.29) is 0 Å². The van der Waals surface area contributed by atoms with E-state index in [1.807, 2.05) is 5.38 Å². The Morgan fingerprint density at radius 2 is 2.07 bits per heavy atom. The van der Waals surface area contributed by atoms with Crippen LogP contribution >= 0.6 is 11.3 Å². The zero-order chi connectivity index (χ0) is 9.97. The molecule has 0 bridgehead atoms. The number of aromatic carboxylic acids is 1.